The Balaban J connectivity index is 2.55. The summed E-state index contributed by atoms with van der Waals surface area (Å²) in [5.41, 5.74) is 0.745. The van der Waals surface area contributed by atoms with Gasteiger partial charge in [0.05, 0.1) is 20.3 Å². The molecule has 0 aliphatic rings. The highest BCUT2D eigenvalue weighted by Crippen LogP contribution is 2.28. The van der Waals surface area contributed by atoms with Crippen molar-refractivity contribution in [2.24, 2.45) is 0 Å². The zero-order valence-corrected chi connectivity index (χ0v) is 10.8. The predicted molar refractivity (Wildman–Crippen MR) is 66.9 cm³/mol. The lowest BCUT2D eigenvalue weighted by atomic mass is 10.2. The first kappa shape index (κ1) is 14.8. The Kier molecular flexibility index (Phi) is 6.49. The summed E-state index contributed by atoms with van der Waals surface area (Å²) in [6, 6.07) is 5.15. The molecule has 0 amide bonds. The Morgan fingerprint density at radius 3 is 2.61 bits per heavy atom. The molecule has 0 heterocycles. The Hall–Kier alpha value is -1.30. The summed E-state index contributed by atoms with van der Waals surface area (Å²) in [6.07, 6.45) is -0.674. The summed E-state index contributed by atoms with van der Waals surface area (Å²) < 4.78 is 15.7. The van der Waals surface area contributed by atoms with Crippen molar-refractivity contribution in [1.29, 1.82) is 0 Å². The van der Waals surface area contributed by atoms with Crippen LogP contribution in [-0.4, -0.2) is 43.2 Å². The molecule has 1 rings (SSSR count). The molecular weight excluding hydrogens is 236 g/mol. The molecule has 2 N–H and O–H groups in total. The minimum Gasteiger partial charge on any atom is -0.493 e. The van der Waals surface area contributed by atoms with E-state index in [2.05, 4.69) is 0 Å². The average Bonchev–Trinajstić information content (AvgIpc) is 2.42. The molecule has 1 unspecified atom stereocenters. The van der Waals surface area contributed by atoms with E-state index in [4.69, 9.17) is 19.3 Å². The van der Waals surface area contributed by atoms with E-state index < -0.39 is 6.10 Å². The molecule has 5 nitrogen and oxygen atoms in total. The van der Waals surface area contributed by atoms with E-state index in [0.717, 1.165) is 5.56 Å². The van der Waals surface area contributed by atoms with Gasteiger partial charge in [0, 0.05) is 6.61 Å². The van der Waals surface area contributed by atoms with E-state index in [1.54, 1.807) is 18.2 Å². The molecule has 0 aliphatic carbocycles. The largest absolute Gasteiger partial charge is 0.493 e. The van der Waals surface area contributed by atoms with Crippen LogP contribution in [0.3, 0.4) is 0 Å². The number of hydrogen-bond acceptors (Lipinski definition) is 5. The normalized spacial score (nSPS) is 12.2. The smallest absolute Gasteiger partial charge is 0.161 e. The Labute approximate surface area is 107 Å². The number of rotatable bonds is 8. The quantitative estimate of drug-likeness (QED) is 0.725. The predicted octanol–water partition coefficient (Wildman–Crippen LogP) is 0.964. The highest BCUT2D eigenvalue weighted by molar-refractivity contribution is 5.42. The minimum atomic E-state index is -0.674. The highest BCUT2D eigenvalue weighted by atomic mass is 16.5. The summed E-state index contributed by atoms with van der Waals surface area (Å²) in [5, 5.41) is 18.6. The summed E-state index contributed by atoms with van der Waals surface area (Å²) >= 11 is 0. The van der Waals surface area contributed by atoms with Crippen LogP contribution in [0.4, 0.5) is 0 Å². The number of methoxy groups -OCH3 is 1. The fraction of sp³-hybridized carbons (Fsp3) is 0.538. The maximum atomic E-state index is 9.58. The SMILES string of the molecule is CCOCC(O)COc1ccc(CO)cc1OC. The molecule has 0 radical (unpaired) electrons. The second-order valence-corrected chi connectivity index (χ2v) is 3.77. The van der Waals surface area contributed by atoms with Gasteiger partial charge in [-0.2, -0.15) is 0 Å². The summed E-state index contributed by atoms with van der Waals surface area (Å²) in [4.78, 5) is 0. The molecule has 5 heteroatoms. The van der Waals surface area contributed by atoms with Crippen molar-refractivity contribution in [3.63, 3.8) is 0 Å². The molecule has 1 aromatic rings. The molecule has 0 aliphatic heterocycles. The Morgan fingerprint density at radius 2 is 2.00 bits per heavy atom. The van der Waals surface area contributed by atoms with Gasteiger partial charge in [0.2, 0.25) is 0 Å². The third-order valence-corrected chi connectivity index (χ3v) is 2.36. The van der Waals surface area contributed by atoms with E-state index in [-0.39, 0.29) is 19.8 Å². The number of aliphatic hydroxyl groups is 2. The van der Waals surface area contributed by atoms with Gasteiger partial charge in [0.15, 0.2) is 11.5 Å². The number of ether oxygens (including phenoxy) is 3. The van der Waals surface area contributed by atoms with Crippen LogP contribution in [0, 0.1) is 0 Å². The van der Waals surface area contributed by atoms with Gasteiger partial charge in [-0.25, -0.2) is 0 Å². The van der Waals surface area contributed by atoms with Crippen LogP contribution in [0.5, 0.6) is 11.5 Å². The summed E-state index contributed by atoms with van der Waals surface area (Å²) in [6.45, 7) is 2.75. The van der Waals surface area contributed by atoms with Gasteiger partial charge < -0.3 is 24.4 Å². The first-order valence-corrected chi connectivity index (χ1v) is 5.87. The number of aliphatic hydroxyl groups excluding tert-OH is 2. The van der Waals surface area contributed by atoms with Crippen molar-refractivity contribution in [1.82, 2.24) is 0 Å². The van der Waals surface area contributed by atoms with E-state index in [0.29, 0.717) is 18.1 Å². The monoisotopic (exact) mass is 256 g/mol. The lowest BCUT2D eigenvalue weighted by Gasteiger charge is -2.14. The van der Waals surface area contributed by atoms with Gasteiger partial charge in [0.1, 0.15) is 12.7 Å². The van der Waals surface area contributed by atoms with Crippen molar-refractivity contribution in [3.8, 4) is 11.5 Å². The fourth-order valence-electron chi connectivity index (χ4n) is 1.42. The molecule has 102 valence electrons. The van der Waals surface area contributed by atoms with Gasteiger partial charge >= 0.3 is 0 Å². The van der Waals surface area contributed by atoms with E-state index >= 15 is 0 Å². The van der Waals surface area contributed by atoms with Crippen molar-refractivity contribution in [3.05, 3.63) is 23.8 Å². The maximum absolute atomic E-state index is 9.58. The maximum Gasteiger partial charge on any atom is 0.161 e. The lowest BCUT2D eigenvalue weighted by molar-refractivity contribution is 0.0159. The van der Waals surface area contributed by atoms with Gasteiger partial charge in [-0.05, 0) is 24.6 Å². The third-order valence-electron chi connectivity index (χ3n) is 2.36. The second kappa shape index (κ2) is 7.92. The minimum absolute atomic E-state index is 0.0520. The molecule has 18 heavy (non-hydrogen) atoms. The second-order valence-electron chi connectivity index (χ2n) is 3.77. The van der Waals surface area contributed by atoms with Crippen molar-refractivity contribution in [2.45, 2.75) is 19.6 Å². The molecule has 0 saturated heterocycles. The lowest BCUT2D eigenvalue weighted by Crippen LogP contribution is -2.23. The zero-order valence-electron chi connectivity index (χ0n) is 10.8. The topological polar surface area (TPSA) is 68.2 Å². The molecule has 1 aromatic carbocycles. The highest BCUT2D eigenvalue weighted by Gasteiger charge is 2.09. The van der Waals surface area contributed by atoms with Crippen LogP contribution in [0.15, 0.2) is 18.2 Å². The van der Waals surface area contributed by atoms with Crippen LogP contribution in [-0.2, 0) is 11.3 Å². The zero-order chi connectivity index (χ0) is 13.4. The van der Waals surface area contributed by atoms with Crippen LogP contribution in [0.2, 0.25) is 0 Å². The summed E-state index contributed by atoms with van der Waals surface area (Å²) in [5.74, 6) is 1.07. The number of benzene rings is 1. The van der Waals surface area contributed by atoms with Crippen LogP contribution in [0.1, 0.15) is 12.5 Å². The van der Waals surface area contributed by atoms with Gasteiger partial charge in [-0.3, -0.25) is 0 Å². The first-order valence-electron chi connectivity index (χ1n) is 5.87. The Morgan fingerprint density at radius 1 is 1.22 bits per heavy atom. The molecular formula is C13H20O5. The van der Waals surface area contributed by atoms with Crippen molar-refractivity contribution in [2.75, 3.05) is 26.9 Å². The van der Waals surface area contributed by atoms with Crippen LogP contribution >= 0.6 is 0 Å². The van der Waals surface area contributed by atoms with E-state index in [9.17, 15) is 5.11 Å². The van der Waals surface area contributed by atoms with Crippen molar-refractivity contribution < 1.29 is 24.4 Å². The van der Waals surface area contributed by atoms with E-state index in [1.807, 2.05) is 6.92 Å². The molecule has 0 fully saturated rings. The Bertz CT molecular complexity index is 353. The molecule has 1 atom stereocenters. The first-order chi connectivity index (χ1) is 8.71. The van der Waals surface area contributed by atoms with Gasteiger partial charge in [0.25, 0.3) is 0 Å². The molecule has 0 aromatic heterocycles. The van der Waals surface area contributed by atoms with Gasteiger partial charge in [-0.15, -0.1) is 0 Å². The average molecular weight is 256 g/mol. The molecule has 0 spiro atoms. The van der Waals surface area contributed by atoms with Crippen molar-refractivity contribution >= 4 is 0 Å². The summed E-state index contributed by atoms with van der Waals surface area (Å²) in [7, 11) is 1.53. The third kappa shape index (κ3) is 4.52. The van der Waals surface area contributed by atoms with Crippen LogP contribution in [0.25, 0.3) is 0 Å². The fourth-order valence-corrected chi connectivity index (χ4v) is 1.42. The van der Waals surface area contributed by atoms with Gasteiger partial charge in [-0.1, -0.05) is 6.07 Å². The molecule has 0 bridgehead atoms. The molecule has 0 saturated carbocycles. The standard InChI is InChI=1S/C13H20O5/c1-3-17-8-11(15)9-18-12-5-4-10(7-14)6-13(12)16-2/h4-6,11,14-15H,3,7-9H2,1-2H3. The van der Waals surface area contributed by atoms with Crippen LogP contribution < -0.4 is 9.47 Å². The number of hydrogen-bond donors (Lipinski definition) is 2. The van der Waals surface area contributed by atoms with E-state index in [1.165, 1.54) is 7.11 Å².